The Labute approximate surface area is 174 Å². The topological polar surface area (TPSA) is 0 Å². The van der Waals surface area contributed by atoms with Crippen molar-refractivity contribution in [3.63, 3.8) is 0 Å². The molecule has 0 aromatic heterocycles. The number of fused-ring (bicyclic) bond motifs is 2. The lowest BCUT2D eigenvalue weighted by Gasteiger charge is -2.21. The van der Waals surface area contributed by atoms with E-state index in [4.69, 9.17) is 0 Å². The van der Waals surface area contributed by atoms with Crippen molar-refractivity contribution in [3.8, 4) is 0 Å². The highest BCUT2D eigenvalue weighted by Crippen LogP contribution is 2.26. The predicted octanol–water partition coefficient (Wildman–Crippen LogP) is 8.09. The summed E-state index contributed by atoms with van der Waals surface area (Å²) in [6.07, 6.45) is 10.5. The second kappa shape index (κ2) is 11.4. The van der Waals surface area contributed by atoms with E-state index in [1.54, 1.807) is 22.3 Å². The standard InChI is InChI=1S/2C13H18.C2H6/c1-10(2)12-8-7-11-5-3-4-6-13(11)9-12;1-3-11-5-7-12-8-10(2)4-6-13(12)9-11;1-2/h7-10H,3-6H2,1-2H3;5,7,9-10H,3-4,6,8H2,1-2H3;1-2H3. The van der Waals surface area contributed by atoms with Gasteiger partial charge in [-0.05, 0) is 96.6 Å². The van der Waals surface area contributed by atoms with Gasteiger partial charge in [-0.25, -0.2) is 0 Å². The summed E-state index contributed by atoms with van der Waals surface area (Å²) in [6, 6.07) is 14.1. The zero-order valence-corrected chi connectivity index (χ0v) is 19.3. The van der Waals surface area contributed by atoms with Gasteiger partial charge in [0, 0.05) is 0 Å². The third kappa shape index (κ3) is 6.23. The zero-order chi connectivity index (χ0) is 20.5. The first kappa shape index (κ1) is 22.7. The molecule has 0 spiro atoms. The Kier molecular flexibility index (Phi) is 9.29. The van der Waals surface area contributed by atoms with Gasteiger partial charge in [0.1, 0.15) is 0 Å². The van der Waals surface area contributed by atoms with Crippen LogP contribution in [0.4, 0.5) is 0 Å². The van der Waals surface area contributed by atoms with E-state index < -0.39 is 0 Å². The fraction of sp³-hybridized carbons (Fsp3) is 0.571. The van der Waals surface area contributed by atoms with Crippen LogP contribution in [0, 0.1) is 5.92 Å². The molecule has 2 aromatic rings. The molecule has 2 aliphatic rings. The van der Waals surface area contributed by atoms with Crippen LogP contribution in [0.1, 0.15) is 100 Å². The van der Waals surface area contributed by atoms with Crippen LogP contribution in [0.5, 0.6) is 0 Å². The van der Waals surface area contributed by atoms with Gasteiger partial charge >= 0.3 is 0 Å². The maximum absolute atomic E-state index is 2.42. The van der Waals surface area contributed by atoms with Crippen LogP contribution in [0.3, 0.4) is 0 Å². The molecule has 1 atom stereocenters. The minimum Gasteiger partial charge on any atom is -0.0683 e. The lowest BCUT2D eigenvalue weighted by atomic mass is 9.84. The highest BCUT2D eigenvalue weighted by molar-refractivity contribution is 5.35. The quantitative estimate of drug-likeness (QED) is 0.495. The summed E-state index contributed by atoms with van der Waals surface area (Å²) in [4.78, 5) is 0. The van der Waals surface area contributed by atoms with Crippen LogP contribution < -0.4 is 0 Å². The molecule has 2 aliphatic carbocycles. The van der Waals surface area contributed by atoms with Gasteiger partial charge in [-0.15, -0.1) is 0 Å². The Bertz CT molecular complexity index is 723. The third-order valence-electron chi connectivity index (χ3n) is 6.19. The average molecular weight is 379 g/mol. The predicted molar refractivity (Wildman–Crippen MR) is 126 cm³/mol. The highest BCUT2D eigenvalue weighted by Gasteiger charge is 2.14. The van der Waals surface area contributed by atoms with Crippen LogP contribution in [0.25, 0.3) is 0 Å². The molecule has 0 amide bonds. The Hall–Kier alpha value is -1.56. The molecule has 0 radical (unpaired) electrons. The van der Waals surface area contributed by atoms with E-state index in [0.29, 0.717) is 5.92 Å². The van der Waals surface area contributed by atoms with Gasteiger partial charge in [0.15, 0.2) is 0 Å². The van der Waals surface area contributed by atoms with Gasteiger partial charge in [-0.1, -0.05) is 77.9 Å². The monoisotopic (exact) mass is 378 g/mol. The second-order valence-corrected chi connectivity index (χ2v) is 8.69. The van der Waals surface area contributed by atoms with E-state index in [2.05, 4.69) is 64.1 Å². The van der Waals surface area contributed by atoms with Crippen molar-refractivity contribution >= 4 is 0 Å². The number of aryl methyl sites for hydroxylation is 4. The average Bonchev–Trinajstić information content (AvgIpc) is 2.74. The van der Waals surface area contributed by atoms with Crippen LogP contribution in [-0.2, 0) is 32.1 Å². The molecule has 0 saturated heterocycles. The Morgan fingerprint density at radius 3 is 2.14 bits per heavy atom. The van der Waals surface area contributed by atoms with Crippen molar-refractivity contribution in [3.05, 3.63) is 69.8 Å². The molecule has 0 nitrogen and oxygen atoms in total. The molecule has 2 aromatic carbocycles. The summed E-state index contributed by atoms with van der Waals surface area (Å²) in [5.74, 6) is 1.56. The van der Waals surface area contributed by atoms with Crippen LogP contribution in [0.2, 0.25) is 0 Å². The second-order valence-electron chi connectivity index (χ2n) is 8.69. The Balaban J connectivity index is 0.000000184. The van der Waals surface area contributed by atoms with Crippen molar-refractivity contribution in [1.29, 1.82) is 0 Å². The number of benzene rings is 2. The van der Waals surface area contributed by atoms with Gasteiger partial charge < -0.3 is 0 Å². The maximum atomic E-state index is 2.42. The van der Waals surface area contributed by atoms with Crippen molar-refractivity contribution in [2.24, 2.45) is 5.92 Å². The minimum atomic E-state index is 0.673. The fourth-order valence-corrected chi connectivity index (χ4v) is 4.32. The molecule has 28 heavy (non-hydrogen) atoms. The lowest BCUT2D eigenvalue weighted by Crippen LogP contribution is -2.11. The first-order valence-corrected chi connectivity index (χ1v) is 11.8. The van der Waals surface area contributed by atoms with Crippen molar-refractivity contribution in [1.82, 2.24) is 0 Å². The van der Waals surface area contributed by atoms with Gasteiger partial charge in [-0.3, -0.25) is 0 Å². The molecule has 4 rings (SSSR count). The van der Waals surface area contributed by atoms with Gasteiger partial charge in [0.05, 0.1) is 0 Å². The summed E-state index contributed by atoms with van der Waals surface area (Å²) < 4.78 is 0. The molecular formula is C28H42. The molecule has 0 aliphatic heterocycles. The summed E-state index contributed by atoms with van der Waals surface area (Å²) in [5.41, 5.74) is 9.40. The van der Waals surface area contributed by atoms with E-state index in [1.165, 1.54) is 62.5 Å². The van der Waals surface area contributed by atoms with Crippen LogP contribution in [0.15, 0.2) is 36.4 Å². The lowest BCUT2D eigenvalue weighted by molar-refractivity contribution is 0.501. The van der Waals surface area contributed by atoms with E-state index in [1.807, 2.05) is 13.8 Å². The maximum Gasteiger partial charge on any atom is -0.0219 e. The van der Waals surface area contributed by atoms with Crippen molar-refractivity contribution < 1.29 is 0 Å². The molecule has 0 heteroatoms. The Morgan fingerprint density at radius 2 is 1.46 bits per heavy atom. The molecular weight excluding hydrogens is 336 g/mol. The molecule has 0 fully saturated rings. The molecule has 0 heterocycles. The minimum absolute atomic E-state index is 0.673. The zero-order valence-electron chi connectivity index (χ0n) is 19.3. The molecule has 1 unspecified atom stereocenters. The van der Waals surface area contributed by atoms with Crippen LogP contribution >= 0.6 is 0 Å². The van der Waals surface area contributed by atoms with Gasteiger partial charge in [0.25, 0.3) is 0 Å². The third-order valence-corrected chi connectivity index (χ3v) is 6.19. The van der Waals surface area contributed by atoms with Gasteiger partial charge in [0.2, 0.25) is 0 Å². The summed E-state index contributed by atoms with van der Waals surface area (Å²) in [7, 11) is 0. The van der Waals surface area contributed by atoms with E-state index in [0.717, 1.165) is 5.92 Å². The Morgan fingerprint density at radius 1 is 0.821 bits per heavy atom. The van der Waals surface area contributed by atoms with E-state index in [9.17, 15) is 0 Å². The summed E-state index contributed by atoms with van der Waals surface area (Å²) in [6.45, 7) is 13.1. The molecule has 0 saturated carbocycles. The highest BCUT2D eigenvalue weighted by atomic mass is 14.2. The first-order valence-electron chi connectivity index (χ1n) is 11.8. The van der Waals surface area contributed by atoms with Crippen molar-refractivity contribution in [2.75, 3.05) is 0 Å². The van der Waals surface area contributed by atoms with Crippen LogP contribution in [-0.4, -0.2) is 0 Å². The largest absolute Gasteiger partial charge is 0.0683 e. The molecule has 0 bridgehead atoms. The summed E-state index contributed by atoms with van der Waals surface area (Å²) >= 11 is 0. The number of hydrogen-bond donors (Lipinski definition) is 0. The fourth-order valence-electron chi connectivity index (χ4n) is 4.32. The normalized spacial score (nSPS) is 17.5. The molecule has 0 N–H and O–H groups in total. The summed E-state index contributed by atoms with van der Waals surface area (Å²) in [5, 5.41) is 0. The van der Waals surface area contributed by atoms with E-state index in [-0.39, 0.29) is 0 Å². The SMILES string of the molecule is CC.CC(C)c1ccc2c(c1)CCCC2.CCc1ccc2c(c1)CCC(C)C2. The number of hydrogen-bond acceptors (Lipinski definition) is 0. The van der Waals surface area contributed by atoms with Gasteiger partial charge in [-0.2, -0.15) is 0 Å². The first-order chi connectivity index (χ1) is 13.6. The molecule has 154 valence electrons. The smallest absolute Gasteiger partial charge is 0.0219 e. The van der Waals surface area contributed by atoms with E-state index >= 15 is 0 Å². The van der Waals surface area contributed by atoms with Crippen molar-refractivity contribution in [2.45, 2.75) is 98.8 Å². The number of rotatable bonds is 2.